The first-order chi connectivity index (χ1) is 8.81. The van der Waals surface area contributed by atoms with Crippen molar-refractivity contribution in [3.05, 3.63) is 33.3 Å². The van der Waals surface area contributed by atoms with Gasteiger partial charge < -0.3 is 10.6 Å². The number of hydrogen-bond acceptors (Lipinski definition) is 2. The van der Waals surface area contributed by atoms with Gasteiger partial charge in [-0.3, -0.25) is 4.79 Å². The number of hydrogen-bond donors (Lipinski definition) is 1. The highest BCUT2D eigenvalue weighted by atomic mass is 79.9. The van der Waals surface area contributed by atoms with E-state index in [0.29, 0.717) is 23.7 Å². The number of amides is 1. The van der Waals surface area contributed by atoms with E-state index in [2.05, 4.69) is 29.8 Å². The summed E-state index contributed by atoms with van der Waals surface area (Å²) in [6, 6.07) is 5.41. The third-order valence-corrected chi connectivity index (χ3v) is 4.68. The smallest absolute Gasteiger partial charge is 0.255 e. The Morgan fingerprint density at radius 3 is 2.75 bits per heavy atom. The largest absolute Gasteiger partial charge is 0.338 e. The van der Waals surface area contributed by atoms with Crippen LogP contribution < -0.4 is 5.73 Å². The van der Waals surface area contributed by atoms with Crippen molar-refractivity contribution in [3.8, 4) is 0 Å². The van der Waals surface area contributed by atoms with Crippen molar-refractivity contribution in [2.75, 3.05) is 13.1 Å². The highest BCUT2D eigenvalue weighted by molar-refractivity contribution is 9.10. The monoisotopic (exact) mass is 380 g/mol. The molecule has 1 amide bonds. The van der Waals surface area contributed by atoms with Gasteiger partial charge in [-0.15, -0.1) is 12.4 Å². The quantitative estimate of drug-likeness (QED) is 0.805. The fourth-order valence-electron chi connectivity index (χ4n) is 2.38. The molecule has 1 heterocycles. The lowest BCUT2D eigenvalue weighted by Crippen LogP contribution is -2.54. The van der Waals surface area contributed by atoms with Gasteiger partial charge in [0.15, 0.2) is 0 Å². The fourth-order valence-corrected chi connectivity index (χ4v) is 2.97. The van der Waals surface area contributed by atoms with Gasteiger partial charge >= 0.3 is 0 Å². The summed E-state index contributed by atoms with van der Waals surface area (Å²) < 4.78 is 0.773. The minimum atomic E-state index is -0.0566. The van der Waals surface area contributed by atoms with E-state index >= 15 is 0 Å². The molecule has 1 saturated heterocycles. The molecule has 20 heavy (non-hydrogen) atoms. The molecular formula is C14H19BrCl2N2O. The maximum absolute atomic E-state index is 12.6. The molecule has 1 aromatic rings. The number of benzene rings is 1. The van der Waals surface area contributed by atoms with Gasteiger partial charge in [0.25, 0.3) is 5.91 Å². The average Bonchev–Trinajstić information content (AvgIpc) is 2.35. The molecule has 1 fully saturated rings. The average molecular weight is 382 g/mol. The lowest BCUT2D eigenvalue weighted by molar-refractivity contribution is 0.0532. The second kappa shape index (κ2) is 6.65. The van der Waals surface area contributed by atoms with Crippen molar-refractivity contribution in [3.63, 3.8) is 0 Å². The number of likely N-dealkylation sites (tertiary alicyclic amines) is 1. The molecule has 3 nitrogen and oxygen atoms in total. The summed E-state index contributed by atoms with van der Waals surface area (Å²) in [5.74, 6) is 0.00866. The van der Waals surface area contributed by atoms with Crippen LogP contribution in [0.25, 0.3) is 0 Å². The molecule has 0 spiro atoms. The maximum atomic E-state index is 12.6. The van der Waals surface area contributed by atoms with Crippen LogP contribution in [0.2, 0.25) is 5.02 Å². The first kappa shape index (κ1) is 17.8. The topological polar surface area (TPSA) is 46.3 Å². The van der Waals surface area contributed by atoms with Gasteiger partial charge in [-0.1, -0.05) is 25.4 Å². The van der Waals surface area contributed by atoms with Crippen LogP contribution in [0.1, 0.15) is 30.6 Å². The zero-order chi connectivity index (χ0) is 14.2. The van der Waals surface area contributed by atoms with Gasteiger partial charge in [-0.05, 0) is 46.0 Å². The van der Waals surface area contributed by atoms with Crippen LogP contribution in [0.15, 0.2) is 22.7 Å². The molecule has 1 aliphatic rings. The maximum Gasteiger partial charge on any atom is 0.255 e. The number of nitrogens with two attached hydrogens (primary N) is 1. The molecule has 0 aromatic heterocycles. The van der Waals surface area contributed by atoms with Crippen LogP contribution >= 0.6 is 39.9 Å². The summed E-state index contributed by atoms with van der Waals surface area (Å²) in [6.45, 7) is 5.57. The fraction of sp³-hybridized carbons (Fsp3) is 0.500. The van der Waals surface area contributed by atoms with Crippen LogP contribution in [0.5, 0.6) is 0 Å². The number of piperidine rings is 1. The summed E-state index contributed by atoms with van der Waals surface area (Å²) >= 11 is 9.37. The molecule has 1 aromatic carbocycles. The molecule has 0 aliphatic carbocycles. The van der Waals surface area contributed by atoms with Crippen LogP contribution in [-0.2, 0) is 0 Å². The molecule has 0 saturated carbocycles. The van der Waals surface area contributed by atoms with Gasteiger partial charge in [0.05, 0.1) is 5.56 Å². The Balaban J connectivity index is 0.00000200. The zero-order valence-electron chi connectivity index (χ0n) is 11.5. The predicted molar refractivity (Wildman–Crippen MR) is 88.7 cm³/mol. The lowest BCUT2D eigenvalue weighted by atomic mass is 9.79. The second-order valence-electron chi connectivity index (χ2n) is 5.73. The highest BCUT2D eigenvalue weighted by Crippen LogP contribution is 2.30. The Morgan fingerprint density at radius 1 is 1.50 bits per heavy atom. The van der Waals surface area contributed by atoms with Gasteiger partial charge in [0.1, 0.15) is 0 Å². The summed E-state index contributed by atoms with van der Waals surface area (Å²) in [5, 5.41) is 0.569. The van der Waals surface area contributed by atoms with E-state index in [0.717, 1.165) is 10.9 Å². The van der Waals surface area contributed by atoms with E-state index in [-0.39, 0.29) is 29.8 Å². The van der Waals surface area contributed by atoms with Crippen molar-refractivity contribution < 1.29 is 4.79 Å². The third kappa shape index (κ3) is 3.67. The predicted octanol–water partition coefficient (Wildman–Crippen LogP) is 3.72. The Hall–Kier alpha value is -0.290. The summed E-state index contributed by atoms with van der Waals surface area (Å²) in [5.41, 5.74) is 6.65. The van der Waals surface area contributed by atoms with E-state index in [1.54, 1.807) is 18.2 Å². The minimum absolute atomic E-state index is 0. The molecule has 0 bridgehead atoms. The van der Waals surface area contributed by atoms with E-state index in [1.807, 2.05) is 4.90 Å². The molecule has 1 atom stereocenters. The van der Waals surface area contributed by atoms with Crippen LogP contribution in [0, 0.1) is 5.41 Å². The van der Waals surface area contributed by atoms with Crippen LogP contribution in [0.4, 0.5) is 0 Å². The SMILES string of the molecule is CC1(C)CN(C(=O)c2cc(Cl)ccc2Br)CCC1N.Cl. The standard InChI is InChI=1S/C14H18BrClN2O.ClH/c1-14(2)8-18(6-5-12(14)17)13(19)10-7-9(16)3-4-11(10)15;/h3-4,7,12H,5-6,8,17H2,1-2H3;1H. The van der Waals surface area contributed by atoms with E-state index in [4.69, 9.17) is 17.3 Å². The number of rotatable bonds is 1. The molecule has 2 N–H and O–H groups in total. The third-order valence-electron chi connectivity index (χ3n) is 3.76. The molecule has 1 aliphatic heterocycles. The molecule has 0 radical (unpaired) electrons. The molecular weight excluding hydrogens is 363 g/mol. The lowest BCUT2D eigenvalue weighted by Gasteiger charge is -2.42. The van der Waals surface area contributed by atoms with Gasteiger partial charge in [0.2, 0.25) is 0 Å². The first-order valence-electron chi connectivity index (χ1n) is 6.31. The zero-order valence-corrected chi connectivity index (χ0v) is 14.7. The summed E-state index contributed by atoms with van der Waals surface area (Å²) in [4.78, 5) is 14.4. The second-order valence-corrected chi connectivity index (χ2v) is 7.03. The van der Waals surface area contributed by atoms with Crippen LogP contribution in [-0.4, -0.2) is 29.9 Å². The van der Waals surface area contributed by atoms with Crippen molar-refractivity contribution in [1.29, 1.82) is 0 Å². The summed E-state index contributed by atoms with van der Waals surface area (Å²) in [6.07, 6.45) is 0.830. The number of carbonyl (C=O) groups is 1. The first-order valence-corrected chi connectivity index (χ1v) is 7.48. The Kier molecular flexibility index (Phi) is 5.90. The van der Waals surface area contributed by atoms with E-state index < -0.39 is 0 Å². The van der Waals surface area contributed by atoms with Crippen molar-refractivity contribution in [2.24, 2.45) is 11.1 Å². The Morgan fingerprint density at radius 2 is 2.15 bits per heavy atom. The number of halogens is 3. The normalized spacial score (nSPS) is 21.2. The number of carbonyl (C=O) groups excluding carboxylic acids is 1. The van der Waals surface area contributed by atoms with E-state index in [9.17, 15) is 4.79 Å². The molecule has 1 unspecified atom stereocenters. The minimum Gasteiger partial charge on any atom is -0.338 e. The van der Waals surface area contributed by atoms with Crippen molar-refractivity contribution >= 4 is 45.8 Å². The Bertz CT molecular complexity index is 508. The van der Waals surface area contributed by atoms with Gasteiger partial charge in [-0.25, -0.2) is 0 Å². The van der Waals surface area contributed by atoms with Crippen LogP contribution in [0.3, 0.4) is 0 Å². The number of nitrogens with zero attached hydrogens (tertiary/aromatic N) is 1. The molecule has 6 heteroatoms. The van der Waals surface area contributed by atoms with E-state index in [1.165, 1.54) is 0 Å². The van der Waals surface area contributed by atoms with Crippen molar-refractivity contribution in [2.45, 2.75) is 26.3 Å². The summed E-state index contributed by atoms with van der Waals surface area (Å²) in [7, 11) is 0. The molecule has 112 valence electrons. The van der Waals surface area contributed by atoms with Gasteiger partial charge in [0, 0.05) is 28.6 Å². The van der Waals surface area contributed by atoms with Gasteiger partial charge in [-0.2, -0.15) is 0 Å². The molecule has 2 rings (SSSR count). The van der Waals surface area contributed by atoms with Crippen molar-refractivity contribution in [1.82, 2.24) is 4.90 Å². The Labute approximate surface area is 139 Å². The highest BCUT2D eigenvalue weighted by Gasteiger charge is 2.35.